The summed E-state index contributed by atoms with van der Waals surface area (Å²) in [7, 11) is 0. The molecular weight excluding hydrogens is 380 g/mol. The van der Waals surface area contributed by atoms with Gasteiger partial charge in [0.15, 0.2) is 11.5 Å². The number of ether oxygens (including phenoxy) is 2. The summed E-state index contributed by atoms with van der Waals surface area (Å²) in [6.07, 6.45) is 0. The number of hydrogen-bond donors (Lipinski definition) is 1. The lowest BCUT2D eigenvalue weighted by atomic mass is 10.1. The summed E-state index contributed by atoms with van der Waals surface area (Å²) in [5.74, 6) is 2.69. The highest BCUT2D eigenvalue weighted by Gasteiger charge is 2.17. The van der Waals surface area contributed by atoms with Crippen LogP contribution >= 0.6 is 11.8 Å². The Kier molecular flexibility index (Phi) is 4.01. The molecule has 0 bridgehead atoms. The molecule has 5 rings (SSSR count). The lowest BCUT2D eigenvalue weighted by Crippen LogP contribution is -2.11. The molecule has 0 saturated carbocycles. The number of aromatic amines is 1. The highest BCUT2D eigenvalue weighted by molar-refractivity contribution is 7.98. The molecule has 9 heteroatoms. The second-order valence-corrected chi connectivity index (χ2v) is 7.14. The minimum Gasteiger partial charge on any atom is -0.454 e. The molecule has 0 atom stereocenters. The van der Waals surface area contributed by atoms with Crippen molar-refractivity contribution in [2.75, 3.05) is 6.79 Å². The van der Waals surface area contributed by atoms with E-state index in [1.54, 1.807) is 18.2 Å². The number of rotatable bonds is 4. The molecule has 0 aliphatic carbocycles. The van der Waals surface area contributed by atoms with E-state index in [9.17, 15) is 4.79 Å². The van der Waals surface area contributed by atoms with Crippen LogP contribution in [0.1, 0.15) is 11.4 Å². The molecule has 2 aromatic carbocycles. The minimum absolute atomic E-state index is 0.157. The maximum atomic E-state index is 12.3. The molecule has 3 heterocycles. The van der Waals surface area contributed by atoms with Crippen molar-refractivity contribution in [1.29, 1.82) is 0 Å². The van der Waals surface area contributed by atoms with Crippen LogP contribution in [0.15, 0.2) is 50.8 Å². The predicted molar refractivity (Wildman–Crippen MR) is 103 cm³/mol. The number of H-pyrrole nitrogens is 1. The first-order valence-corrected chi connectivity index (χ1v) is 9.51. The van der Waals surface area contributed by atoms with Crippen LogP contribution in [0.25, 0.3) is 22.4 Å². The van der Waals surface area contributed by atoms with Gasteiger partial charge in [-0.25, -0.2) is 4.98 Å². The Morgan fingerprint density at radius 3 is 2.96 bits per heavy atom. The molecule has 1 aliphatic heterocycles. The maximum Gasteiger partial charge on any atom is 0.277 e. The van der Waals surface area contributed by atoms with Crippen molar-refractivity contribution in [2.45, 2.75) is 17.9 Å². The Balaban J connectivity index is 1.36. The average Bonchev–Trinajstić information content (AvgIpc) is 3.36. The van der Waals surface area contributed by atoms with Crippen LogP contribution in [0.4, 0.5) is 0 Å². The van der Waals surface area contributed by atoms with E-state index in [1.807, 2.05) is 25.1 Å². The Morgan fingerprint density at radius 1 is 1.14 bits per heavy atom. The quantitative estimate of drug-likeness (QED) is 0.526. The third-order valence-electron chi connectivity index (χ3n) is 4.35. The van der Waals surface area contributed by atoms with Crippen molar-refractivity contribution >= 4 is 22.7 Å². The number of para-hydroxylation sites is 1. The lowest BCUT2D eigenvalue weighted by molar-refractivity contribution is 0.174. The van der Waals surface area contributed by atoms with Gasteiger partial charge in [0.2, 0.25) is 12.7 Å². The molecular formula is C19H14N4O4S. The van der Waals surface area contributed by atoms with Gasteiger partial charge in [0, 0.05) is 5.56 Å². The fourth-order valence-corrected chi connectivity index (χ4v) is 3.60. The van der Waals surface area contributed by atoms with Crippen molar-refractivity contribution in [3.8, 4) is 23.0 Å². The maximum absolute atomic E-state index is 12.3. The number of aromatic nitrogens is 4. The summed E-state index contributed by atoms with van der Waals surface area (Å²) in [5.41, 5.74) is 2.25. The zero-order chi connectivity index (χ0) is 19.1. The topological polar surface area (TPSA) is 103 Å². The van der Waals surface area contributed by atoms with Crippen LogP contribution < -0.4 is 15.0 Å². The van der Waals surface area contributed by atoms with Crippen molar-refractivity contribution in [3.05, 3.63) is 58.1 Å². The van der Waals surface area contributed by atoms with E-state index in [0.29, 0.717) is 45.1 Å². The number of thioether (sulfide) groups is 1. The normalized spacial score (nSPS) is 12.6. The smallest absolute Gasteiger partial charge is 0.277 e. The zero-order valence-electron chi connectivity index (χ0n) is 14.8. The number of fused-ring (bicyclic) bond motifs is 2. The van der Waals surface area contributed by atoms with Crippen LogP contribution in [0.3, 0.4) is 0 Å². The van der Waals surface area contributed by atoms with Crippen LogP contribution in [0.5, 0.6) is 11.5 Å². The monoisotopic (exact) mass is 394 g/mol. The van der Waals surface area contributed by atoms with Gasteiger partial charge in [-0.05, 0) is 36.8 Å². The molecule has 28 heavy (non-hydrogen) atoms. The molecule has 0 saturated heterocycles. The molecule has 0 amide bonds. The van der Waals surface area contributed by atoms with Gasteiger partial charge in [0.05, 0.1) is 16.7 Å². The molecule has 2 aromatic heterocycles. The first kappa shape index (κ1) is 16.8. The highest BCUT2D eigenvalue weighted by Crippen LogP contribution is 2.36. The first-order chi connectivity index (χ1) is 13.7. The van der Waals surface area contributed by atoms with Crippen LogP contribution in [0.2, 0.25) is 0 Å². The minimum atomic E-state index is -0.157. The molecule has 0 unspecified atom stereocenters. The summed E-state index contributed by atoms with van der Waals surface area (Å²) in [6, 6.07) is 11.0. The molecule has 140 valence electrons. The van der Waals surface area contributed by atoms with Gasteiger partial charge in [0.25, 0.3) is 10.8 Å². The standard InChI is InChI=1S/C19H14N4O4S/c1-10-3-2-4-12-16(10)20-15(21-17(12)24)8-28-19-23-22-18(27-19)11-5-6-13-14(7-11)26-9-25-13/h2-7H,8-9H2,1H3,(H,20,21,24). The van der Waals surface area contributed by atoms with E-state index in [4.69, 9.17) is 13.9 Å². The third-order valence-corrected chi connectivity index (χ3v) is 5.18. The number of aryl methyl sites for hydroxylation is 1. The largest absolute Gasteiger partial charge is 0.454 e. The van der Waals surface area contributed by atoms with Gasteiger partial charge in [0.1, 0.15) is 5.82 Å². The molecule has 0 spiro atoms. The van der Waals surface area contributed by atoms with Crippen LogP contribution in [-0.4, -0.2) is 27.0 Å². The van der Waals surface area contributed by atoms with Crippen molar-refractivity contribution in [3.63, 3.8) is 0 Å². The van der Waals surface area contributed by atoms with E-state index >= 15 is 0 Å². The third kappa shape index (κ3) is 2.99. The number of nitrogens with zero attached hydrogens (tertiary/aromatic N) is 3. The number of benzene rings is 2. The van der Waals surface area contributed by atoms with Crippen molar-refractivity contribution < 1.29 is 13.9 Å². The van der Waals surface area contributed by atoms with Gasteiger partial charge >= 0.3 is 0 Å². The van der Waals surface area contributed by atoms with E-state index in [-0.39, 0.29) is 12.4 Å². The zero-order valence-corrected chi connectivity index (χ0v) is 15.6. The summed E-state index contributed by atoms with van der Waals surface area (Å²) < 4.78 is 16.4. The summed E-state index contributed by atoms with van der Waals surface area (Å²) in [4.78, 5) is 19.6. The van der Waals surface area contributed by atoms with E-state index in [1.165, 1.54) is 11.8 Å². The van der Waals surface area contributed by atoms with Crippen LogP contribution in [0, 0.1) is 6.92 Å². The first-order valence-electron chi connectivity index (χ1n) is 8.52. The second kappa shape index (κ2) is 6.68. The van der Waals surface area contributed by atoms with Crippen LogP contribution in [-0.2, 0) is 5.75 Å². The molecule has 8 nitrogen and oxygen atoms in total. The van der Waals surface area contributed by atoms with Gasteiger partial charge in [-0.15, -0.1) is 10.2 Å². The van der Waals surface area contributed by atoms with E-state index in [2.05, 4.69) is 20.2 Å². The SMILES string of the molecule is Cc1cccc2c(=O)[nH]c(CSc3nnc(-c4ccc5c(c4)OCO5)o3)nc12. The van der Waals surface area contributed by atoms with Gasteiger partial charge in [-0.3, -0.25) is 4.79 Å². The van der Waals surface area contributed by atoms with E-state index in [0.717, 1.165) is 11.1 Å². The summed E-state index contributed by atoms with van der Waals surface area (Å²) in [6.45, 7) is 2.14. The van der Waals surface area contributed by atoms with Gasteiger partial charge in [-0.1, -0.05) is 23.9 Å². The Labute approximate surface area is 162 Å². The van der Waals surface area contributed by atoms with Crippen molar-refractivity contribution in [2.24, 2.45) is 0 Å². The lowest BCUT2D eigenvalue weighted by Gasteiger charge is -2.03. The van der Waals surface area contributed by atoms with E-state index < -0.39 is 0 Å². The second-order valence-electron chi connectivity index (χ2n) is 6.21. The molecule has 1 aliphatic rings. The Morgan fingerprint density at radius 2 is 2.04 bits per heavy atom. The summed E-state index contributed by atoms with van der Waals surface area (Å²) >= 11 is 1.31. The number of hydrogen-bond acceptors (Lipinski definition) is 8. The van der Waals surface area contributed by atoms with Gasteiger partial charge in [-0.2, -0.15) is 0 Å². The highest BCUT2D eigenvalue weighted by atomic mass is 32.2. The van der Waals surface area contributed by atoms with Crippen molar-refractivity contribution in [1.82, 2.24) is 20.2 Å². The number of nitrogens with one attached hydrogen (secondary N) is 1. The fourth-order valence-electron chi connectivity index (χ4n) is 2.96. The molecule has 0 radical (unpaired) electrons. The Hall–Kier alpha value is -3.33. The average molecular weight is 394 g/mol. The fraction of sp³-hybridized carbons (Fsp3) is 0.158. The molecule has 1 N–H and O–H groups in total. The summed E-state index contributed by atoms with van der Waals surface area (Å²) in [5, 5.41) is 9.11. The van der Waals surface area contributed by atoms with Gasteiger partial charge < -0.3 is 18.9 Å². The molecule has 0 fully saturated rings. The Bertz CT molecular complexity index is 1250. The molecule has 4 aromatic rings. The predicted octanol–water partition coefficient (Wildman–Crippen LogP) is 3.30.